The topological polar surface area (TPSA) is 51.9 Å². The van der Waals surface area contributed by atoms with Crippen LogP contribution in [0.3, 0.4) is 0 Å². The predicted octanol–water partition coefficient (Wildman–Crippen LogP) is 2.31. The number of hydrogen-bond acceptors (Lipinski definition) is 4. The van der Waals surface area contributed by atoms with Crippen LogP contribution in [0.5, 0.6) is 5.75 Å². The standard InChI is InChI=1S/C16H17NO4/c1-19-13-2-4-15-12(10-13)11-14(21-15)3-5-16(18)17-6-8-20-9-7-17/h2-5,10-11H,6-9H2,1H3. The van der Waals surface area contributed by atoms with Gasteiger partial charge in [-0.15, -0.1) is 0 Å². The van der Waals surface area contributed by atoms with Crippen LogP contribution in [0.25, 0.3) is 17.0 Å². The third-order valence-electron chi connectivity index (χ3n) is 3.46. The molecule has 1 aromatic heterocycles. The monoisotopic (exact) mass is 287 g/mol. The lowest BCUT2D eigenvalue weighted by Crippen LogP contribution is -2.39. The van der Waals surface area contributed by atoms with E-state index in [2.05, 4.69) is 0 Å². The smallest absolute Gasteiger partial charge is 0.246 e. The van der Waals surface area contributed by atoms with Gasteiger partial charge in [0.25, 0.3) is 0 Å². The minimum atomic E-state index is -0.0173. The molecule has 1 aliphatic rings. The molecule has 2 heterocycles. The van der Waals surface area contributed by atoms with E-state index in [9.17, 15) is 4.79 Å². The zero-order chi connectivity index (χ0) is 14.7. The van der Waals surface area contributed by atoms with Crippen molar-refractivity contribution in [2.24, 2.45) is 0 Å². The molecule has 1 aliphatic heterocycles. The SMILES string of the molecule is COc1ccc2oc(C=CC(=O)N3CCOCC3)cc2c1. The van der Waals surface area contributed by atoms with Crippen molar-refractivity contribution in [3.63, 3.8) is 0 Å². The van der Waals surface area contributed by atoms with Crippen molar-refractivity contribution < 1.29 is 18.7 Å². The second-order valence-electron chi connectivity index (χ2n) is 4.82. The molecule has 0 aliphatic carbocycles. The van der Waals surface area contributed by atoms with Gasteiger partial charge in [0.1, 0.15) is 17.1 Å². The Morgan fingerprint density at radius 2 is 2.10 bits per heavy atom. The van der Waals surface area contributed by atoms with E-state index < -0.39 is 0 Å². The Bertz CT molecular complexity index is 668. The first-order valence-corrected chi connectivity index (χ1v) is 6.88. The Morgan fingerprint density at radius 1 is 1.29 bits per heavy atom. The highest BCUT2D eigenvalue weighted by atomic mass is 16.5. The number of morpholine rings is 1. The Balaban J connectivity index is 1.74. The molecule has 0 spiro atoms. The molecular formula is C16H17NO4. The molecule has 3 rings (SSSR count). The van der Waals surface area contributed by atoms with Gasteiger partial charge in [-0.1, -0.05) is 0 Å². The van der Waals surface area contributed by atoms with E-state index in [4.69, 9.17) is 13.9 Å². The first-order valence-electron chi connectivity index (χ1n) is 6.88. The molecule has 2 aromatic rings. The van der Waals surface area contributed by atoms with Gasteiger partial charge in [-0.25, -0.2) is 0 Å². The average molecular weight is 287 g/mol. The number of carbonyl (C=O) groups excluding carboxylic acids is 1. The average Bonchev–Trinajstić information content (AvgIpc) is 2.95. The van der Waals surface area contributed by atoms with Gasteiger partial charge in [-0.3, -0.25) is 4.79 Å². The van der Waals surface area contributed by atoms with Crippen molar-refractivity contribution in [2.75, 3.05) is 33.4 Å². The molecule has 5 heteroatoms. The van der Waals surface area contributed by atoms with Gasteiger partial charge in [-0.05, 0) is 30.3 Å². The van der Waals surface area contributed by atoms with Gasteiger partial charge < -0.3 is 18.8 Å². The largest absolute Gasteiger partial charge is 0.497 e. The lowest BCUT2D eigenvalue weighted by Gasteiger charge is -2.25. The highest BCUT2D eigenvalue weighted by molar-refractivity contribution is 5.92. The summed E-state index contributed by atoms with van der Waals surface area (Å²) in [5.74, 6) is 1.42. The molecule has 0 N–H and O–H groups in total. The van der Waals surface area contributed by atoms with E-state index in [1.165, 1.54) is 0 Å². The Labute approximate surface area is 122 Å². The molecule has 5 nitrogen and oxygen atoms in total. The number of benzene rings is 1. The fourth-order valence-corrected chi connectivity index (χ4v) is 2.29. The normalized spacial score (nSPS) is 15.8. The van der Waals surface area contributed by atoms with Crippen molar-refractivity contribution >= 4 is 23.0 Å². The summed E-state index contributed by atoms with van der Waals surface area (Å²) in [6.07, 6.45) is 3.24. The van der Waals surface area contributed by atoms with Crippen molar-refractivity contribution in [1.29, 1.82) is 0 Å². The molecule has 1 aromatic carbocycles. The number of carbonyl (C=O) groups is 1. The molecule has 0 atom stereocenters. The number of methoxy groups -OCH3 is 1. The highest BCUT2D eigenvalue weighted by Crippen LogP contribution is 2.24. The van der Waals surface area contributed by atoms with Gasteiger partial charge in [0.2, 0.25) is 5.91 Å². The summed E-state index contributed by atoms with van der Waals surface area (Å²) in [4.78, 5) is 13.8. The Hall–Kier alpha value is -2.27. The first kappa shape index (κ1) is 13.7. The summed E-state index contributed by atoms with van der Waals surface area (Å²) in [5.41, 5.74) is 0.772. The fraction of sp³-hybridized carbons (Fsp3) is 0.312. The number of amides is 1. The van der Waals surface area contributed by atoms with Crippen LogP contribution in [0.15, 0.2) is 34.8 Å². The van der Waals surface area contributed by atoms with Gasteiger partial charge in [-0.2, -0.15) is 0 Å². The van der Waals surface area contributed by atoms with Crippen LogP contribution in [0, 0.1) is 0 Å². The van der Waals surface area contributed by atoms with Crippen LogP contribution >= 0.6 is 0 Å². The van der Waals surface area contributed by atoms with Gasteiger partial charge in [0, 0.05) is 24.6 Å². The van der Waals surface area contributed by atoms with Crippen molar-refractivity contribution in [3.05, 3.63) is 36.1 Å². The maximum absolute atomic E-state index is 12.0. The Morgan fingerprint density at radius 3 is 2.86 bits per heavy atom. The summed E-state index contributed by atoms with van der Waals surface area (Å²) < 4.78 is 16.1. The molecule has 0 unspecified atom stereocenters. The van der Waals surface area contributed by atoms with E-state index in [-0.39, 0.29) is 5.91 Å². The molecule has 0 radical (unpaired) electrons. The first-order chi connectivity index (χ1) is 10.3. The van der Waals surface area contributed by atoms with Gasteiger partial charge in [0.15, 0.2) is 0 Å². The number of nitrogens with zero attached hydrogens (tertiary/aromatic N) is 1. The number of fused-ring (bicyclic) bond motifs is 1. The van der Waals surface area contributed by atoms with Crippen LogP contribution in [-0.4, -0.2) is 44.2 Å². The molecule has 0 bridgehead atoms. The zero-order valence-electron chi connectivity index (χ0n) is 11.9. The minimum Gasteiger partial charge on any atom is -0.497 e. The second kappa shape index (κ2) is 6.01. The summed E-state index contributed by atoms with van der Waals surface area (Å²) in [6, 6.07) is 7.49. The fourth-order valence-electron chi connectivity index (χ4n) is 2.29. The van der Waals surface area contributed by atoms with Crippen LogP contribution in [0.4, 0.5) is 0 Å². The lowest BCUT2D eigenvalue weighted by molar-refractivity contribution is -0.129. The van der Waals surface area contributed by atoms with Crippen LogP contribution < -0.4 is 4.74 Å². The zero-order valence-corrected chi connectivity index (χ0v) is 11.9. The summed E-state index contributed by atoms with van der Waals surface area (Å²) in [6.45, 7) is 2.48. The van der Waals surface area contributed by atoms with E-state index in [1.807, 2.05) is 24.3 Å². The van der Waals surface area contributed by atoms with Crippen LogP contribution in [-0.2, 0) is 9.53 Å². The number of furan rings is 1. The quantitative estimate of drug-likeness (QED) is 0.813. The Kier molecular flexibility index (Phi) is 3.92. The van der Waals surface area contributed by atoms with Crippen molar-refractivity contribution in [2.45, 2.75) is 0 Å². The molecule has 1 saturated heterocycles. The van der Waals surface area contributed by atoms with Crippen molar-refractivity contribution in [1.82, 2.24) is 4.90 Å². The summed E-state index contributed by atoms with van der Waals surface area (Å²) in [5, 5.41) is 0.952. The third-order valence-corrected chi connectivity index (χ3v) is 3.46. The van der Waals surface area contributed by atoms with Crippen LogP contribution in [0.1, 0.15) is 5.76 Å². The maximum atomic E-state index is 12.0. The van der Waals surface area contributed by atoms with Gasteiger partial charge >= 0.3 is 0 Å². The highest BCUT2D eigenvalue weighted by Gasteiger charge is 2.14. The summed E-state index contributed by atoms with van der Waals surface area (Å²) >= 11 is 0. The van der Waals surface area contributed by atoms with E-state index in [1.54, 1.807) is 24.2 Å². The third kappa shape index (κ3) is 3.08. The maximum Gasteiger partial charge on any atom is 0.246 e. The molecule has 110 valence electrons. The lowest BCUT2D eigenvalue weighted by atomic mass is 10.2. The molecule has 0 saturated carbocycles. The molecule has 21 heavy (non-hydrogen) atoms. The molecular weight excluding hydrogens is 270 g/mol. The minimum absolute atomic E-state index is 0.0173. The second-order valence-corrected chi connectivity index (χ2v) is 4.82. The van der Waals surface area contributed by atoms with Gasteiger partial charge in [0.05, 0.1) is 20.3 Å². The van der Waals surface area contributed by atoms with E-state index in [0.717, 1.165) is 16.7 Å². The predicted molar refractivity (Wildman–Crippen MR) is 79.2 cm³/mol. The molecule has 1 amide bonds. The van der Waals surface area contributed by atoms with E-state index in [0.29, 0.717) is 32.1 Å². The van der Waals surface area contributed by atoms with E-state index >= 15 is 0 Å². The van der Waals surface area contributed by atoms with Crippen LogP contribution in [0.2, 0.25) is 0 Å². The number of hydrogen-bond donors (Lipinski definition) is 0. The van der Waals surface area contributed by atoms with Crippen molar-refractivity contribution in [3.8, 4) is 5.75 Å². The molecule has 1 fully saturated rings. The number of ether oxygens (including phenoxy) is 2. The summed E-state index contributed by atoms with van der Waals surface area (Å²) in [7, 11) is 1.63. The number of rotatable bonds is 3.